The number of ether oxygens (including phenoxy) is 1. The second-order valence-corrected chi connectivity index (χ2v) is 4.68. The SMILES string of the molecule is COC(=O)CCCC(C)(C)c1ccccc1. The summed E-state index contributed by atoms with van der Waals surface area (Å²) in [5, 5.41) is 0. The van der Waals surface area contributed by atoms with Gasteiger partial charge in [-0.3, -0.25) is 4.79 Å². The van der Waals surface area contributed by atoms with E-state index >= 15 is 0 Å². The van der Waals surface area contributed by atoms with Gasteiger partial charge >= 0.3 is 5.97 Å². The Bertz CT molecular complexity index is 328. The summed E-state index contributed by atoms with van der Waals surface area (Å²) in [5.74, 6) is -0.121. The van der Waals surface area contributed by atoms with Gasteiger partial charge in [-0.05, 0) is 23.8 Å². The number of hydrogen-bond acceptors (Lipinski definition) is 2. The van der Waals surface area contributed by atoms with Crippen LogP contribution in [0.1, 0.15) is 38.7 Å². The van der Waals surface area contributed by atoms with Gasteiger partial charge in [-0.25, -0.2) is 0 Å². The first kappa shape index (κ1) is 12.8. The second kappa shape index (κ2) is 5.69. The van der Waals surface area contributed by atoms with Crippen LogP contribution in [0.3, 0.4) is 0 Å². The predicted molar refractivity (Wildman–Crippen MR) is 65.3 cm³/mol. The molecule has 0 radical (unpaired) electrons. The van der Waals surface area contributed by atoms with Gasteiger partial charge in [0, 0.05) is 6.42 Å². The van der Waals surface area contributed by atoms with Crippen molar-refractivity contribution in [2.24, 2.45) is 0 Å². The molecule has 0 bridgehead atoms. The van der Waals surface area contributed by atoms with Crippen molar-refractivity contribution in [1.82, 2.24) is 0 Å². The largest absolute Gasteiger partial charge is 0.469 e. The Hall–Kier alpha value is -1.31. The number of carbonyl (C=O) groups excluding carboxylic acids is 1. The van der Waals surface area contributed by atoms with Gasteiger partial charge in [0.1, 0.15) is 0 Å². The molecule has 0 saturated heterocycles. The zero-order valence-electron chi connectivity index (χ0n) is 10.3. The smallest absolute Gasteiger partial charge is 0.305 e. The molecule has 0 aliphatic carbocycles. The molecule has 0 spiro atoms. The van der Waals surface area contributed by atoms with Gasteiger partial charge in [0.2, 0.25) is 0 Å². The Morgan fingerprint density at radius 3 is 2.44 bits per heavy atom. The maximum absolute atomic E-state index is 11.0. The molecule has 0 amide bonds. The van der Waals surface area contributed by atoms with E-state index in [4.69, 9.17) is 0 Å². The second-order valence-electron chi connectivity index (χ2n) is 4.68. The fourth-order valence-corrected chi connectivity index (χ4v) is 1.81. The van der Waals surface area contributed by atoms with Crippen LogP contribution in [-0.2, 0) is 14.9 Å². The molecular formula is C14H20O2. The molecule has 1 aromatic carbocycles. The molecule has 0 saturated carbocycles. The summed E-state index contributed by atoms with van der Waals surface area (Å²) in [6, 6.07) is 10.4. The van der Waals surface area contributed by atoms with Crippen LogP contribution >= 0.6 is 0 Å². The van der Waals surface area contributed by atoms with Crippen LogP contribution in [0.2, 0.25) is 0 Å². The molecule has 1 rings (SSSR count). The van der Waals surface area contributed by atoms with Crippen LogP contribution in [0.15, 0.2) is 30.3 Å². The summed E-state index contributed by atoms with van der Waals surface area (Å²) in [6.45, 7) is 4.42. The lowest BCUT2D eigenvalue weighted by atomic mass is 9.80. The average molecular weight is 220 g/mol. The third-order valence-corrected chi connectivity index (χ3v) is 2.97. The van der Waals surface area contributed by atoms with Crippen molar-refractivity contribution in [2.45, 2.75) is 38.5 Å². The molecule has 2 heteroatoms. The highest BCUT2D eigenvalue weighted by Gasteiger charge is 2.20. The lowest BCUT2D eigenvalue weighted by molar-refractivity contribution is -0.140. The van der Waals surface area contributed by atoms with Crippen LogP contribution in [0, 0.1) is 0 Å². The van der Waals surface area contributed by atoms with Crippen molar-refractivity contribution in [1.29, 1.82) is 0 Å². The molecule has 0 unspecified atom stereocenters. The lowest BCUT2D eigenvalue weighted by Gasteiger charge is -2.25. The van der Waals surface area contributed by atoms with E-state index in [2.05, 4.69) is 42.8 Å². The zero-order chi connectivity index (χ0) is 12.0. The minimum Gasteiger partial charge on any atom is -0.469 e. The number of esters is 1. The molecule has 0 N–H and O–H groups in total. The summed E-state index contributed by atoms with van der Waals surface area (Å²) >= 11 is 0. The topological polar surface area (TPSA) is 26.3 Å². The van der Waals surface area contributed by atoms with Crippen molar-refractivity contribution >= 4 is 5.97 Å². The van der Waals surface area contributed by atoms with E-state index in [0.717, 1.165) is 12.8 Å². The lowest BCUT2D eigenvalue weighted by Crippen LogP contribution is -2.17. The standard InChI is InChI=1S/C14H20O2/c1-14(2,11-7-10-13(15)16-3)12-8-5-4-6-9-12/h4-6,8-9H,7,10-11H2,1-3H3. The van der Waals surface area contributed by atoms with Gasteiger partial charge in [-0.2, -0.15) is 0 Å². The van der Waals surface area contributed by atoms with Crippen molar-refractivity contribution in [3.05, 3.63) is 35.9 Å². The highest BCUT2D eigenvalue weighted by atomic mass is 16.5. The quantitative estimate of drug-likeness (QED) is 0.712. The number of methoxy groups -OCH3 is 1. The van der Waals surface area contributed by atoms with Gasteiger partial charge in [-0.1, -0.05) is 44.2 Å². The number of benzene rings is 1. The third-order valence-electron chi connectivity index (χ3n) is 2.97. The van der Waals surface area contributed by atoms with Crippen molar-refractivity contribution in [3.8, 4) is 0 Å². The summed E-state index contributed by atoms with van der Waals surface area (Å²) in [4.78, 5) is 11.0. The van der Waals surface area contributed by atoms with E-state index in [9.17, 15) is 4.79 Å². The van der Waals surface area contributed by atoms with Crippen LogP contribution in [0.5, 0.6) is 0 Å². The molecule has 16 heavy (non-hydrogen) atoms. The summed E-state index contributed by atoms with van der Waals surface area (Å²) < 4.78 is 4.63. The molecule has 0 aliphatic heterocycles. The molecule has 2 nitrogen and oxygen atoms in total. The molecule has 0 aromatic heterocycles. The first-order valence-corrected chi connectivity index (χ1v) is 5.68. The van der Waals surface area contributed by atoms with Crippen molar-refractivity contribution in [3.63, 3.8) is 0 Å². The number of hydrogen-bond donors (Lipinski definition) is 0. The monoisotopic (exact) mass is 220 g/mol. The van der Waals surface area contributed by atoms with E-state index in [1.807, 2.05) is 6.07 Å². The van der Waals surface area contributed by atoms with Crippen LogP contribution in [0.25, 0.3) is 0 Å². The van der Waals surface area contributed by atoms with Gasteiger partial charge in [0.05, 0.1) is 7.11 Å². The molecule has 0 fully saturated rings. The highest BCUT2D eigenvalue weighted by Crippen LogP contribution is 2.28. The third kappa shape index (κ3) is 3.69. The maximum atomic E-state index is 11.0. The molecular weight excluding hydrogens is 200 g/mol. The van der Waals surface area contributed by atoms with Gasteiger partial charge in [0.15, 0.2) is 0 Å². The molecule has 88 valence electrons. The van der Waals surface area contributed by atoms with Gasteiger partial charge < -0.3 is 4.74 Å². The zero-order valence-corrected chi connectivity index (χ0v) is 10.3. The molecule has 0 heterocycles. The minimum absolute atomic E-state index is 0.120. The van der Waals surface area contributed by atoms with E-state index in [0.29, 0.717) is 6.42 Å². The Balaban J connectivity index is 2.49. The van der Waals surface area contributed by atoms with Crippen molar-refractivity contribution < 1.29 is 9.53 Å². The van der Waals surface area contributed by atoms with E-state index in [1.165, 1.54) is 12.7 Å². The average Bonchev–Trinajstić information content (AvgIpc) is 2.30. The summed E-state index contributed by atoms with van der Waals surface area (Å²) in [6.07, 6.45) is 2.37. The highest BCUT2D eigenvalue weighted by molar-refractivity contribution is 5.69. The van der Waals surface area contributed by atoms with Crippen LogP contribution in [-0.4, -0.2) is 13.1 Å². The first-order valence-electron chi connectivity index (χ1n) is 5.68. The van der Waals surface area contributed by atoms with E-state index in [1.54, 1.807) is 0 Å². The Kier molecular flexibility index (Phi) is 4.53. The van der Waals surface area contributed by atoms with Crippen LogP contribution < -0.4 is 0 Å². The van der Waals surface area contributed by atoms with Crippen molar-refractivity contribution in [2.75, 3.05) is 7.11 Å². The molecule has 1 aromatic rings. The fourth-order valence-electron chi connectivity index (χ4n) is 1.81. The minimum atomic E-state index is -0.121. The van der Waals surface area contributed by atoms with Gasteiger partial charge in [0.25, 0.3) is 0 Å². The Labute approximate surface area is 97.6 Å². The Morgan fingerprint density at radius 1 is 1.25 bits per heavy atom. The molecule has 0 aliphatic rings. The van der Waals surface area contributed by atoms with Gasteiger partial charge in [-0.15, -0.1) is 0 Å². The first-order chi connectivity index (χ1) is 7.56. The molecule has 0 atom stereocenters. The van der Waals surface area contributed by atoms with E-state index in [-0.39, 0.29) is 11.4 Å². The maximum Gasteiger partial charge on any atom is 0.305 e. The van der Waals surface area contributed by atoms with E-state index < -0.39 is 0 Å². The Morgan fingerprint density at radius 2 is 1.88 bits per heavy atom. The summed E-state index contributed by atoms with van der Waals surface area (Å²) in [5.41, 5.74) is 1.44. The summed E-state index contributed by atoms with van der Waals surface area (Å²) in [7, 11) is 1.44. The fraction of sp³-hybridized carbons (Fsp3) is 0.500. The normalized spacial score (nSPS) is 11.2. The predicted octanol–water partition coefficient (Wildman–Crippen LogP) is 3.31. The van der Waals surface area contributed by atoms with Crippen LogP contribution in [0.4, 0.5) is 0 Å². The number of rotatable bonds is 5. The number of carbonyl (C=O) groups is 1.